The van der Waals surface area contributed by atoms with Crippen LogP contribution in [0.3, 0.4) is 0 Å². The van der Waals surface area contributed by atoms with Crippen LogP contribution in [-0.2, 0) is 14.4 Å². The number of carbonyl (C=O) groups is 3. The molecule has 1 saturated heterocycles. The van der Waals surface area contributed by atoms with Gasteiger partial charge in [0.1, 0.15) is 5.82 Å². The fourth-order valence-corrected chi connectivity index (χ4v) is 4.04. The van der Waals surface area contributed by atoms with E-state index in [1.807, 2.05) is 17.0 Å². The maximum atomic E-state index is 14.0. The SMILES string of the molecule is C=CC(=O)Nc1cc(NC(=O)[C@H]2CCC(=O)N(C3CC3)[C@@H]2c2ccncc2)ccc1F. The molecule has 2 aliphatic rings. The number of hydrogen-bond donors (Lipinski definition) is 2. The lowest BCUT2D eigenvalue weighted by Gasteiger charge is -2.41. The molecule has 0 spiro atoms. The van der Waals surface area contributed by atoms with Crippen molar-refractivity contribution in [1.29, 1.82) is 0 Å². The van der Waals surface area contributed by atoms with E-state index >= 15 is 0 Å². The number of anilines is 2. The fourth-order valence-electron chi connectivity index (χ4n) is 4.04. The van der Waals surface area contributed by atoms with Crippen molar-refractivity contribution in [1.82, 2.24) is 9.88 Å². The average Bonchev–Trinajstić information content (AvgIpc) is 3.61. The van der Waals surface area contributed by atoms with Crippen LogP contribution in [0.1, 0.15) is 37.3 Å². The summed E-state index contributed by atoms with van der Waals surface area (Å²) in [5, 5.41) is 5.21. The van der Waals surface area contributed by atoms with Gasteiger partial charge in [-0.15, -0.1) is 0 Å². The van der Waals surface area contributed by atoms with Crippen LogP contribution in [-0.4, -0.2) is 33.6 Å². The smallest absolute Gasteiger partial charge is 0.247 e. The largest absolute Gasteiger partial charge is 0.332 e. The summed E-state index contributed by atoms with van der Waals surface area (Å²) in [6.45, 7) is 3.35. The van der Waals surface area contributed by atoms with Gasteiger partial charge in [-0.25, -0.2) is 4.39 Å². The number of aromatic nitrogens is 1. The van der Waals surface area contributed by atoms with Crippen molar-refractivity contribution >= 4 is 29.1 Å². The number of rotatable bonds is 6. The Kier molecular flexibility index (Phi) is 5.79. The zero-order chi connectivity index (χ0) is 22.0. The molecule has 1 aliphatic heterocycles. The maximum absolute atomic E-state index is 14.0. The third-order valence-corrected chi connectivity index (χ3v) is 5.64. The molecule has 2 heterocycles. The molecule has 7 nitrogen and oxygen atoms in total. The molecule has 2 N–H and O–H groups in total. The number of likely N-dealkylation sites (tertiary alicyclic amines) is 1. The summed E-state index contributed by atoms with van der Waals surface area (Å²) in [4.78, 5) is 43.4. The van der Waals surface area contributed by atoms with Crippen LogP contribution < -0.4 is 10.6 Å². The van der Waals surface area contributed by atoms with Gasteiger partial charge in [0.25, 0.3) is 0 Å². The maximum Gasteiger partial charge on any atom is 0.247 e. The van der Waals surface area contributed by atoms with E-state index in [0.29, 0.717) is 18.5 Å². The number of benzene rings is 1. The zero-order valence-corrected chi connectivity index (χ0v) is 16.9. The molecule has 2 fully saturated rings. The van der Waals surface area contributed by atoms with Crippen LogP contribution in [0.15, 0.2) is 55.4 Å². The van der Waals surface area contributed by atoms with E-state index in [4.69, 9.17) is 0 Å². The molecule has 4 rings (SSSR count). The Hall–Kier alpha value is -3.55. The highest BCUT2D eigenvalue weighted by Crippen LogP contribution is 2.43. The van der Waals surface area contributed by atoms with Crippen LogP contribution in [0.5, 0.6) is 0 Å². The van der Waals surface area contributed by atoms with Gasteiger partial charge in [0.05, 0.1) is 17.6 Å². The van der Waals surface area contributed by atoms with Crippen molar-refractivity contribution < 1.29 is 18.8 Å². The number of nitrogens with zero attached hydrogens (tertiary/aromatic N) is 2. The number of amides is 3. The van der Waals surface area contributed by atoms with Crippen LogP contribution >= 0.6 is 0 Å². The van der Waals surface area contributed by atoms with Crippen molar-refractivity contribution in [3.05, 3.63) is 66.8 Å². The number of pyridine rings is 1. The van der Waals surface area contributed by atoms with Gasteiger partial charge in [0.15, 0.2) is 0 Å². The minimum absolute atomic E-state index is 0.0492. The Morgan fingerprint density at radius 2 is 1.87 bits per heavy atom. The minimum atomic E-state index is -0.619. The number of nitrogens with one attached hydrogen (secondary N) is 2. The molecule has 0 radical (unpaired) electrons. The van der Waals surface area contributed by atoms with E-state index < -0.39 is 17.6 Å². The molecule has 160 valence electrons. The summed E-state index contributed by atoms with van der Waals surface area (Å²) >= 11 is 0. The summed E-state index contributed by atoms with van der Waals surface area (Å²) in [6.07, 6.45) is 6.95. The first-order valence-corrected chi connectivity index (χ1v) is 10.2. The minimum Gasteiger partial charge on any atom is -0.332 e. The summed E-state index contributed by atoms with van der Waals surface area (Å²) in [5.74, 6) is -1.83. The monoisotopic (exact) mass is 422 g/mol. The lowest BCUT2D eigenvalue weighted by Crippen LogP contribution is -2.47. The van der Waals surface area contributed by atoms with Gasteiger partial charge in [-0.1, -0.05) is 6.58 Å². The Morgan fingerprint density at radius 3 is 2.55 bits per heavy atom. The molecule has 1 aliphatic carbocycles. The van der Waals surface area contributed by atoms with E-state index in [1.54, 1.807) is 12.4 Å². The molecule has 2 atom stereocenters. The van der Waals surface area contributed by atoms with Gasteiger partial charge in [-0.05, 0) is 61.2 Å². The molecule has 2 aromatic rings. The zero-order valence-electron chi connectivity index (χ0n) is 16.9. The van der Waals surface area contributed by atoms with Crippen molar-refractivity contribution in [3.63, 3.8) is 0 Å². The number of halogens is 1. The van der Waals surface area contributed by atoms with Gasteiger partial charge in [-0.2, -0.15) is 0 Å². The average molecular weight is 422 g/mol. The van der Waals surface area contributed by atoms with Crippen LogP contribution in [0.25, 0.3) is 0 Å². The molecular weight excluding hydrogens is 399 g/mol. The first kappa shape index (κ1) is 20.7. The van der Waals surface area contributed by atoms with E-state index in [-0.39, 0.29) is 29.6 Å². The highest BCUT2D eigenvalue weighted by molar-refractivity contribution is 6.00. The van der Waals surface area contributed by atoms with Gasteiger partial charge < -0.3 is 15.5 Å². The van der Waals surface area contributed by atoms with Crippen LogP contribution in [0.2, 0.25) is 0 Å². The van der Waals surface area contributed by atoms with E-state index in [0.717, 1.165) is 24.5 Å². The Balaban J connectivity index is 1.59. The van der Waals surface area contributed by atoms with E-state index in [2.05, 4.69) is 22.2 Å². The van der Waals surface area contributed by atoms with E-state index in [1.165, 1.54) is 18.2 Å². The molecule has 1 aromatic heterocycles. The number of hydrogen-bond acceptors (Lipinski definition) is 4. The fraction of sp³-hybridized carbons (Fsp3) is 0.304. The van der Waals surface area contributed by atoms with Crippen molar-refractivity contribution in [2.24, 2.45) is 5.92 Å². The predicted molar refractivity (Wildman–Crippen MR) is 113 cm³/mol. The molecule has 0 unspecified atom stereocenters. The molecule has 8 heteroatoms. The van der Waals surface area contributed by atoms with Crippen molar-refractivity contribution in [3.8, 4) is 0 Å². The summed E-state index contributed by atoms with van der Waals surface area (Å²) in [7, 11) is 0. The lowest BCUT2D eigenvalue weighted by atomic mass is 9.83. The summed E-state index contributed by atoms with van der Waals surface area (Å²) in [6, 6.07) is 7.42. The first-order chi connectivity index (χ1) is 15.0. The molecular formula is C23H23FN4O3. The Bertz CT molecular complexity index is 1020. The van der Waals surface area contributed by atoms with E-state index in [9.17, 15) is 18.8 Å². The van der Waals surface area contributed by atoms with Gasteiger partial charge >= 0.3 is 0 Å². The highest BCUT2D eigenvalue weighted by atomic mass is 19.1. The second-order valence-corrected chi connectivity index (χ2v) is 7.78. The Labute approximate surface area is 179 Å². The summed E-state index contributed by atoms with van der Waals surface area (Å²) < 4.78 is 14.0. The summed E-state index contributed by atoms with van der Waals surface area (Å²) in [5.41, 5.74) is 1.18. The topological polar surface area (TPSA) is 91.4 Å². The number of piperidine rings is 1. The molecule has 3 amide bonds. The molecule has 1 aromatic carbocycles. The van der Waals surface area contributed by atoms with Gasteiger partial charge in [0, 0.05) is 30.5 Å². The predicted octanol–water partition coefficient (Wildman–Crippen LogP) is 3.43. The van der Waals surface area contributed by atoms with Crippen LogP contribution in [0.4, 0.5) is 15.8 Å². The highest BCUT2D eigenvalue weighted by Gasteiger charge is 2.46. The van der Waals surface area contributed by atoms with Gasteiger partial charge in [-0.3, -0.25) is 19.4 Å². The normalized spacial score (nSPS) is 20.8. The van der Waals surface area contributed by atoms with Crippen molar-refractivity contribution in [2.45, 2.75) is 37.8 Å². The third-order valence-electron chi connectivity index (χ3n) is 5.64. The molecule has 31 heavy (non-hydrogen) atoms. The Morgan fingerprint density at radius 1 is 1.13 bits per heavy atom. The quantitative estimate of drug-likeness (QED) is 0.698. The van der Waals surface area contributed by atoms with Gasteiger partial charge in [0.2, 0.25) is 17.7 Å². The molecule has 0 bridgehead atoms. The number of carbonyl (C=O) groups excluding carboxylic acids is 3. The molecule has 1 saturated carbocycles. The second kappa shape index (κ2) is 8.67. The second-order valence-electron chi connectivity index (χ2n) is 7.78. The van der Waals surface area contributed by atoms with Crippen LogP contribution in [0, 0.1) is 11.7 Å². The first-order valence-electron chi connectivity index (χ1n) is 10.2. The third kappa shape index (κ3) is 4.47. The standard InChI is InChI=1S/C23H23FN4O3/c1-2-20(29)27-19-13-15(3-7-18(19)24)26-23(31)17-6-8-21(30)28(16-4-5-16)22(17)14-9-11-25-12-10-14/h2-3,7,9-13,16-17,22H,1,4-6,8H2,(H,26,31)(H,27,29)/t17-,22+/m0/s1. The van der Waals surface area contributed by atoms with Crippen molar-refractivity contribution in [2.75, 3.05) is 10.6 Å². The lowest BCUT2D eigenvalue weighted by molar-refractivity contribution is -0.142.